The molecular formula is C12H25NO. The Labute approximate surface area is 88.2 Å². The zero-order chi connectivity index (χ0) is 10.4. The summed E-state index contributed by atoms with van der Waals surface area (Å²) in [4.78, 5) is 0. The van der Waals surface area contributed by atoms with E-state index in [1.54, 1.807) is 0 Å². The summed E-state index contributed by atoms with van der Waals surface area (Å²) in [7, 11) is 0. The Bertz CT molecular complexity index is 137. The molecule has 1 aliphatic rings. The lowest BCUT2D eigenvalue weighted by Crippen LogP contribution is -2.26. The second-order valence-electron chi connectivity index (χ2n) is 4.83. The molecule has 0 aliphatic carbocycles. The third-order valence-corrected chi connectivity index (χ3v) is 3.19. The summed E-state index contributed by atoms with van der Waals surface area (Å²) in [5.41, 5.74) is 5.98. The van der Waals surface area contributed by atoms with Gasteiger partial charge in [0.2, 0.25) is 0 Å². The quantitative estimate of drug-likeness (QED) is 0.668. The van der Waals surface area contributed by atoms with Crippen molar-refractivity contribution in [3.05, 3.63) is 0 Å². The lowest BCUT2D eigenvalue weighted by molar-refractivity contribution is 0.102. The highest BCUT2D eigenvalue weighted by Gasteiger charge is 2.15. The van der Waals surface area contributed by atoms with E-state index in [0.29, 0.717) is 18.1 Å². The summed E-state index contributed by atoms with van der Waals surface area (Å²) < 4.78 is 5.58. The fourth-order valence-electron chi connectivity index (χ4n) is 1.96. The van der Waals surface area contributed by atoms with Crippen LogP contribution in [0.5, 0.6) is 0 Å². The van der Waals surface area contributed by atoms with Crippen molar-refractivity contribution in [2.45, 2.75) is 64.5 Å². The van der Waals surface area contributed by atoms with E-state index in [0.717, 1.165) is 6.61 Å². The normalized spacial score (nSPS) is 24.4. The van der Waals surface area contributed by atoms with Crippen LogP contribution in [0.3, 0.4) is 0 Å². The van der Waals surface area contributed by atoms with E-state index in [1.807, 2.05) is 0 Å². The first-order valence-electron chi connectivity index (χ1n) is 6.07. The number of hydrogen-bond acceptors (Lipinski definition) is 2. The summed E-state index contributed by atoms with van der Waals surface area (Å²) in [5, 5.41) is 0. The van der Waals surface area contributed by atoms with Crippen LogP contribution in [-0.4, -0.2) is 18.8 Å². The van der Waals surface area contributed by atoms with Crippen LogP contribution in [0.4, 0.5) is 0 Å². The van der Waals surface area contributed by atoms with Crippen molar-refractivity contribution in [2.75, 3.05) is 6.61 Å². The maximum Gasteiger partial charge on any atom is 0.0576 e. The van der Waals surface area contributed by atoms with Gasteiger partial charge >= 0.3 is 0 Å². The van der Waals surface area contributed by atoms with E-state index in [1.165, 1.54) is 38.5 Å². The SMILES string of the molecule is CC(C)C(N)CCCCC1CCCO1. The highest BCUT2D eigenvalue weighted by molar-refractivity contribution is 4.68. The van der Waals surface area contributed by atoms with Crippen LogP contribution in [0, 0.1) is 5.92 Å². The predicted octanol–water partition coefficient (Wildman–Crippen LogP) is 2.71. The predicted molar refractivity (Wildman–Crippen MR) is 60.3 cm³/mol. The van der Waals surface area contributed by atoms with Gasteiger partial charge in [0.1, 0.15) is 0 Å². The van der Waals surface area contributed by atoms with Gasteiger partial charge in [-0.15, -0.1) is 0 Å². The molecule has 2 nitrogen and oxygen atoms in total. The van der Waals surface area contributed by atoms with Gasteiger partial charge in [0, 0.05) is 12.6 Å². The number of ether oxygens (including phenoxy) is 1. The van der Waals surface area contributed by atoms with Gasteiger partial charge in [0.15, 0.2) is 0 Å². The minimum atomic E-state index is 0.388. The third-order valence-electron chi connectivity index (χ3n) is 3.19. The molecule has 1 saturated heterocycles. The highest BCUT2D eigenvalue weighted by atomic mass is 16.5. The first kappa shape index (κ1) is 12.0. The Morgan fingerprint density at radius 1 is 1.36 bits per heavy atom. The Balaban J connectivity index is 1.93. The molecule has 0 aromatic carbocycles. The smallest absolute Gasteiger partial charge is 0.0576 e. The van der Waals surface area contributed by atoms with E-state index in [2.05, 4.69) is 13.8 Å². The van der Waals surface area contributed by atoms with Gasteiger partial charge in [-0.2, -0.15) is 0 Å². The molecular weight excluding hydrogens is 174 g/mol. The number of nitrogens with two attached hydrogens (primary N) is 1. The van der Waals surface area contributed by atoms with Crippen molar-refractivity contribution in [3.63, 3.8) is 0 Å². The van der Waals surface area contributed by atoms with Crippen LogP contribution in [0.25, 0.3) is 0 Å². The summed E-state index contributed by atoms with van der Waals surface area (Å²) in [6, 6.07) is 0.388. The van der Waals surface area contributed by atoms with Crippen LogP contribution in [0.15, 0.2) is 0 Å². The monoisotopic (exact) mass is 199 g/mol. The van der Waals surface area contributed by atoms with Gasteiger partial charge in [0.25, 0.3) is 0 Å². The van der Waals surface area contributed by atoms with Gasteiger partial charge in [-0.1, -0.05) is 26.7 Å². The third kappa shape index (κ3) is 4.43. The van der Waals surface area contributed by atoms with Crippen molar-refractivity contribution in [3.8, 4) is 0 Å². The Hall–Kier alpha value is -0.0800. The van der Waals surface area contributed by atoms with Crippen molar-refractivity contribution in [1.29, 1.82) is 0 Å². The zero-order valence-corrected chi connectivity index (χ0v) is 9.67. The molecule has 0 saturated carbocycles. The van der Waals surface area contributed by atoms with E-state index in [9.17, 15) is 0 Å². The number of rotatable bonds is 6. The van der Waals surface area contributed by atoms with Gasteiger partial charge in [0.05, 0.1) is 6.10 Å². The lowest BCUT2D eigenvalue weighted by Gasteiger charge is -2.15. The molecule has 1 fully saturated rings. The van der Waals surface area contributed by atoms with Crippen molar-refractivity contribution in [2.24, 2.45) is 11.7 Å². The highest BCUT2D eigenvalue weighted by Crippen LogP contribution is 2.18. The van der Waals surface area contributed by atoms with Crippen molar-refractivity contribution >= 4 is 0 Å². The minimum Gasteiger partial charge on any atom is -0.378 e. The summed E-state index contributed by atoms with van der Waals surface area (Å²) in [6.45, 7) is 5.38. The average molecular weight is 199 g/mol. The molecule has 14 heavy (non-hydrogen) atoms. The minimum absolute atomic E-state index is 0.388. The van der Waals surface area contributed by atoms with Gasteiger partial charge < -0.3 is 10.5 Å². The van der Waals surface area contributed by atoms with Gasteiger partial charge in [-0.3, -0.25) is 0 Å². The molecule has 84 valence electrons. The van der Waals surface area contributed by atoms with Crippen LogP contribution in [-0.2, 0) is 4.74 Å². The van der Waals surface area contributed by atoms with Gasteiger partial charge in [-0.05, 0) is 31.6 Å². The molecule has 0 spiro atoms. The van der Waals surface area contributed by atoms with Crippen LogP contribution in [0.2, 0.25) is 0 Å². The molecule has 0 bridgehead atoms. The molecule has 2 unspecified atom stereocenters. The van der Waals surface area contributed by atoms with E-state index in [-0.39, 0.29) is 0 Å². The van der Waals surface area contributed by atoms with Crippen molar-refractivity contribution in [1.82, 2.24) is 0 Å². The first-order chi connectivity index (χ1) is 6.70. The van der Waals surface area contributed by atoms with E-state index in [4.69, 9.17) is 10.5 Å². The Morgan fingerprint density at radius 2 is 2.14 bits per heavy atom. The second-order valence-corrected chi connectivity index (χ2v) is 4.83. The topological polar surface area (TPSA) is 35.2 Å². The molecule has 1 heterocycles. The van der Waals surface area contributed by atoms with E-state index < -0.39 is 0 Å². The fraction of sp³-hybridized carbons (Fsp3) is 1.00. The number of unbranched alkanes of at least 4 members (excludes halogenated alkanes) is 1. The van der Waals surface area contributed by atoms with Crippen LogP contribution < -0.4 is 5.73 Å². The first-order valence-corrected chi connectivity index (χ1v) is 6.07. The lowest BCUT2D eigenvalue weighted by atomic mass is 9.98. The largest absolute Gasteiger partial charge is 0.378 e. The molecule has 1 rings (SSSR count). The molecule has 2 N–H and O–H groups in total. The Morgan fingerprint density at radius 3 is 2.71 bits per heavy atom. The van der Waals surface area contributed by atoms with E-state index >= 15 is 0 Å². The molecule has 2 atom stereocenters. The molecule has 1 aliphatic heterocycles. The van der Waals surface area contributed by atoms with Crippen molar-refractivity contribution < 1.29 is 4.74 Å². The standard InChI is InChI=1S/C12H25NO/c1-10(2)12(13)8-4-3-6-11-7-5-9-14-11/h10-12H,3-9,13H2,1-2H3. The maximum atomic E-state index is 5.98. The van der Waals surface area contributed by atoms with Crippen LogP contribution >= 0.6 is 0 Å². The second kappa shape index (κ2) is 6.41. The number of hydrogen-bond donors (Lipinski definition) is 1. The summed E-state index contributed by atoms with van der Waals surface area (Å²) >= 11 is 0. The summed E-state index contributed by atoms with van der Waals surface area (Å²) in [5.74, 6) is 0.623. The zero-order valence-electron chi connectivity index (χ0n) is 9.67. The molecule has 0 amide bonds. The molecule has 0 aromatic rings. The Kier molecular flexibility index (Phi) is 5.49. The molecule has 0 radical (unpaired) electrons. The maximum absolute atomic E-state index is 5.98. The molecule has 2 heteroatoms. The fourth-order valence-corrected chi connectivity index (χ4v) is 1.96. The van der Waals surface area contributed by atoms with Crippen LogP contribution in [0.1, 0.15) is 52.4 Å². The molecule has 0 aromatic heterocycles. The van der Waals surface area contributed by atoms with Gasteiger partial charge in [-0.25, -0.2) is 0 Å². The average Bonchev–Trinajstić information content (AvgIpc) is 2.64. The summed E-state index contributed by atoms with van der Waals surface area (Å²) in [6.07, 6.45) is 8.05.